The number of hydrogen-bond acceptors (Lipinski definition) is 15. The number of hydrogen-bond donors (Lipinski definition) is 4. The van der Waals surface area contributed by atoms with Crippen LogP contribution in [0.5, 0.6) is 5.75 Å². The number of carbonyl (C=O) groups excluding carboxylic acids is 4. The van der Waals surface area contributed by atoms with E-state index >= 15 is 0 Å². The molecule has 2 aromatic heterocycles. The van der Waals surface area contributed by atoms with E-state index in [1.807, 2.05) is 0 Å². The number of aromatic nitrogens is 2. The summed E-state index contributed by atoms with van der Waals surface area (Å²) in [5.41, 5.74) is 7.34. The van der Waals surface area contributed by atoms with Gasteiger partial charge in [-0.25, -0.2) is 19.6 Å². The van der Waals surface area contributed by atoms with E-state index in [1.54, 1.807) is 90.1 Å². The van der Waals surface area contributed by atoms with Gasteiger partial charge in [-0.3, -0.25) is 9.59 Å². The fourth-order valence-electron chi connectivity index (χ4n) is 5.76. The lowest BCUT2D eigenvalue weighted by Gasteiger charge is -2.23. The Labute approximate surface area is 381 Å². The summed E-state index contributed by atoms with van der Waals surface area (Å²) < 4.78 is 27.3. The average molecular weight is 917 g/mol. The van der Waals surface area contributed by atoms with Gasteiger partial charge in [-0.15, -0.1) is 0 Å². The van der Waals surface area contributed by atoms with Gasteiger partial charge in [0.15, 0.2) is 0 Å². The molecule has 5 N–H and O–H groups in total. The van der Waals surface area contributed by atoms with E-state index in [0.29, 0.717) is 70.1 Å². The van der Waals surface area contributed by atoms with Crippen molar-refractivity contribution in [1.82, 2.24) is 25.9 Å². The number of amides is 3. The van der Waals surface area contributed by atoms with Crippen molar-refractivity contribution in [3.8, 4) is 40.5 Å². The number of anilines is 1. The number of ether oxygens (including phenoxy) is 4. The normalized spacial score (nSPS) is 11.6. The lowest BCUT2D eigenvalue weighted by Crippen LogP contribution is -2.48. The molecule has 0 fully saturated rings. The predicted molar refractivity (Wildman–Crippen MR) is 240 cm³/mol. The van der Waals surface area contributed by atoms with Crippen LogP contribution in [0.2, 0.25) is 5.02 Å². The van der Waals surface area contributed by atoms with Crippen LogP contribution < -0.4 is 26.4 Å². The topological polar surface area (TPSA) is 254 Å². The van der Waals surface area contributed by atoms with E-state index in [9.17, 15) is 29.7 Å². The number of nitrogen functional groups attached to an aromatic ring is 1. The average Bonchev–Trinajstić information content (AvgIpc) is 3.70. The molecule has 17 nitrogen and oxygen atoms in total. The SMILES string of the molecule is CC(C)(C)OC(=O)NCCCC[C@H](NC(=O)OC(C)(C)C)C(=O)NCCC(=O)OCCCOc1ccc(-c2c(C#N)c(N)nc(SCc3coc(-c4ccc(Cl)cc4)n3)c2C#N)cc1. The van der Waals surface area contributed by atoms with E-state index in [1.165, 1.54) is 18.0 Å². The van der Waals surface area contributed by atoms with Crippen molar-refractivity contribution in [2.24, 2.45) is 0 Å². The number of pyridine rings is 1. The lowest BCUT2D eigenvalue weighted by molar-refractivity contribution is -0.143. The highest BCUT2D eigenvalue weighted by Crippen LogP contribution is 2.37. The molecule has 3 amide bonds. The zero-order chi connectivity index (χ0) is 46.9. The number of oxazole rings is 1. The molecule has 0 bridgehead atoms. The first-order valence-electron chi connectivity index (χ1n) is 20.5. The number of benzene rings is 2. The third-order valence-corrected chi connectivity index (χ3v) is 9.86. The number of esters is 1. The number of nitrogens with zero attached hydrogens (tertiary/aromatic N) is 4. The molecule has 1 atom stereocenters. The van der Waals surface area contributed by atoms with E-state index in [4.69, 9.17) is 40.7 Å². The van der Waals surface area contributed by atoms with Crippen LogP contribution in [0.3, 0.4) is 0 Å². The molecule has 0 aliphatic rings. The summed E-state index contributed by atoms with van der Waals surface area (Å²) in [4.78, 5) is 58.7. The van der Waals surface area contributed by atoms with Gasteiger partial charge in [0.1, 0.15) is 57.8 Å². The first kappa shape index (κ1) is 50.1. The minimum atomic E-state index is -0.938. The molecule has 0 radical (unpaired) electrons. The second kappa shape index (κ2) is 23.8. The molecule has 4 rings (SSSR count). The van der Waals surface area contributed by atoms with Crippen molar-refractivity contribution >= 4 is 53.2 Å². The molecule has 64 heavy (non-hydrogen) atoms. The van der Waals surface area contributed by atoms with Crippen molar-refractivity contribution in [3.63, 3.8) is 0 Å². The Kier molecular flexibility index (Phi) is 18.7. The molecule has 0 aliphatic heterocycles. The van der Waals surface area contributed by atoms with Crippen LogP contribution in [0.1, 0.15) is 90.5 Å². The summed E-state index contributed by atoms with van der Waals surface area (Å²) >= 11 is 7.23. The van der Waals surface area contributed by atoms with Crippen molar-refractivity contribution in [2.75, 3.05) is 32.0 Å². The van der Waals surface area contributed by atoms with Crippen LogP contribution in [0.15, 0.2) is 64.2 Å². The maximum Gasteiger partial charge on any atom is 0.408 e. The smallest absolute Gasteiger partial charge is 0.408 e. The zero-order valence-electron chi connectivity index (χ0n) is 36.7. The van der Waals surface area contributed by atoms with Crippen molar-refractivity contribution in [2.45, 2.75) is 102 Å². The molecular weight excluding hydrogens is 864 g/mol. The van der Waals surface area contributed by atoms with E-state index in [0.717, 1.165) is 5.56 Å². The summed E-state index contributed by atoms with van der Waals surface area (Å²) in [6.45, 7) is 11.0. The molecule has 2 heterocycles. The Morgan fingerprint density at radius 3 is 2.14 bits per heavy atom. The number of rotatable bonds is 20. The van der Waals surface area contributed by atoms with Gasteiger partial charge < -0.3 is 45.0 Å². The predicted octanol–water partition coefficient (Wildman–Crippen LogP) is 8.08. The largest absolute Gasteiger partial charge is 0.493 e. The van der Waals surface area contributed by atoms with E-state index < -0.39 is 41.3 Å². The summed E-state index contributed by atoms with van der Waals surface area (Å²) in [5.74, 6) is 0.192. The molecule has 0 saturated carbocycles. The van der Waals surface area contributed by atoms with Gasteiger partial charge in [0.2, 0.25) is 11.8 Å². The molecule has 2 aromatic carbocycles. The number of nitrogens with one attached hydrogen (secondary N) is 3. The second-order valence-electron chi connectivity index (χ2n) is 16.2. The third kappa shape index (κ3) is 16.7. The maximum absolute atomic E-state index is 13.0. The number of halogens is 1. The summed E-state index contributed by atoms with van der Waals surface area (Å²) in [7, 11) is 0. The standard InChI is InChI=1S/C45H53ClN8O9S/c1-44(2,3)62-42(57)51-20-8-7-10-35(53-43(58)63-45(4,5)6)39(56)50-21-19-36(55)60-23-9-22-59-32-17-13-28(14-18-32)37-33(24-47)38(49)54-41(34(37)25-48)64-27-31-26-61-40(52-31)29-11-15-30(46)16-12-29/h11-18,26,35H,7-10,19-23,27H2,1-6H3,(H2,49,54)(H,50,56)(H,51,57)(H,53,58)/t35-/m0/s1. The molecule has 19 heteroatoms. The number of alkyl carbamates (subject to hydrolysis) is 2. The molecule has 0 unspecified atom stereocenters. The minimum absolute atomic E-state index is 0.0177. The Bertz CT molecular complexity index is 2310. The van der Waals surface area contributed by atoms with Crippen molar-refractivity contribution in [1.29, 1.82) is 10.5 Å². The third-order valence-electron chi connectivity index (χ3n) is 8.60. The summed E-state index contributed by atoms with van der Waals surface area (Å²) in [6, 6.07) is 17.2. The number of unbranched alkanes of at least 4 members (excludes halogenated alkanes) is 1. The first-order valence-corrected chi connectivity index (χ1v) is 21.8. The highest BCUT2D eigenvalue weighted by Gasteiger charge is 2.25. The van der Waals surface area contributed by atoms with Crippen LogP contribution in [0, 0.1) is 22.7 Å². The van der Waals surface area contributed by atoms with Crippen LogP contribution in [0.4, 0.5) is 15.4 Å². The second-order valence-corrected chi connectivity index (χ2v) is 17.6. The Morgan fingerprint density at radius 1 is 0.828 bits per heavy atom. The van der Waals surface area contributed by atoms with Gasteiger partial charge in [-0.1, -0.05) is 35.5 Å². The fourth-order valence-corrected chi connectivity index (χ4v) is 6.76. The molecular formula is C45H53ClN8O9S. The lowest BCUT2D eigenvalue weighted by atomic mass is 9.97. The Hall–Kier alpha value is -6.50. The van der Waals surface area contributed by atoms with E-state index in [2.05, 4.69) is 38.1 Å². The minimum Gasteiger partial charge on any atom is -0.493 e. The Balaban J connectivity index is 1.23. The number of nitriles is 2. The monoisotopic (exact) mass is 916 g/mol. The van der Waals surface area contributed by atoms with Crippen LogP contribution in [0.25, 0.3) is 22.6 Å². The molecule has 4 aromatic rings. The first-order chi connectivity index (χ1) is 30.3. The van der Waals surface area contributed by atoms with Gasteiger partial charge in [0.25, 0.3) is 0 Å². The van der Waals surface area contributed by atoms with Gasteiger partial charge in [0.05, 0.1) is 30.9 Å². The molecule has 340 valence electrons. The molecule has 0 saturated heterocycles. The summed E-state index contributed by atoms with van der Waals surface area (Å²) in [6.07, 6.45) is 1.76. The molecule has 0 aliphatic carbocycles. The van der Waals surface area contributed by atoms with Crippen LogP contribution in [-0.2, 0) is 29.6 Å². The van der Waals surface area contributed by atoms with Gasteiger partial charge in [-0.05, 0) is 103 Å². The number of nitrogens with two attached hydrogens (primary N) is 1. The zero-order valence-corrected chi connectivity index (χ0v) is 38.2. The van der Waals surface area contributed by atoms with Gasteiger partial charge in [0, 0.05) is 41.4 Å². The van der Waals surface area contributed by atoms with Crippen molar-refractivity contribution < 1.29 is 42.5 Å². The van der Waals surface area contributed by atoms with Crippen molar-refractivity contribution in [3.05, 3.63) is 76.6 Å². The highest BCUT2D eigenvalue weighted by atomic mass is 35.5. The fraction of sp³-hybridized carbons (Fsp3) is 0.422. The quantitative estimate of drug-likeness (QED) is 0.0283. The summed E-state index contributed by atoms with van der Waals surface area (Å²) in [5, 5.41) is 29.0. The van der Waals surface area contributed by atoms with E-state index in [-0.39, 0.29) is 49.5 Å². The van der Waals surface area contributed by atoms with Gasteiger partial charge in [-0.2, -0.15) is 10.5 Å². The van der Waals surface area contributed by atoms with Crippen LogP contribution in [-0.4, -0.2) is 77.6 Å². The number of thioether (sulfide) groups is 1. The Morgan fingerprint density at radius 2 is 1.48 bits per heavy atom. The number of carbonyl (C=O) groups is 4. The highest BCUT2D eigenvalue weighted by molar-refractivity contribution is 7.98. The maximum atomic E-state index is 13.0. The van der Waals surface area contributed by atoms with Gasteiger partial charge >= 0.3 is 18.2 Å². The van der Waals surface area contributed by atoms with Crippen LogP contribution >= 0.6 is 23.4 Å². The molecule has 0 spiro atoms.